The highest BCUT2D eigenvalue weighted by Crippen LogP contribution is 2.22. The predicted molar refractivity (Wildman–Crippen MR) is 82.6 cm³/mol. The van der Waals surface area contributed by atoms with Crippen molar-refractivity contribution in [3.05, 3.63) is 46.5 Å². The highest BCUT2D eigenvalue weighted by atomic mass is 32.1. The summed E-state index contributed by atoms with van der Waals surface area (Å²) in [5, 5.41) is 4.16. The maximum absolute atomic E-state index is 13.5. The Hall–Kier alpha value is -1.53. The largest absolute Gasteiger partial charge is 0.349 e. The number of hydrogen-bond donors (Lipinski definition) is 1. The van der Waals surface area contributed by atoms with Crippen molar-refractivity contribution >= 4 is 16.5 Å². The molecule has 114 valence electrons. The number of hydrogen-bond acceptors (Lipinski definition) is 4. The monoisotopic (exact) mass is 311 g/mol. The van der Waals surface area contributed by atoms with Crippen molar-refractivity contribution in [1.29, 1.82) is 0 Å². The molecule has 0 fully saturated rings. The number of nitrogens with one attached hydrogen (secondary N) is 1. The first-order valence-electron chi connectivity index (χ1n) is 6.98. The topological polar surface area (TPSA) is 28.2 Å². The Morgan fingerprint density at radius 2 is 1.95 bits per heavy atom. The lowest BCUT2D eigenvalue weighted by Gasteiger charge is -2.16. The fourth-order valence-electron chi connectivity index (χ4n) is 2.00. The maximum Gasteiger partial charge on any atom is 0.185 e. The van der Waals surface area contributed by atoms with Crippen LogP contribution >= 0.6 is 11.3 Å². The molecule has 0 saturated carbocycles. The van der Waals surface area contributed by atoms with Gasteiger partial charge in [0.05, 0.1) is 0 Å². The Labute approximate surface area is 127 Å². The molecular formula is C15H19F2N3S. The van der Waals surface area contributed by atoms with E-state index >= 15 is 0 Å². The van der Waals surface area contributed by atoms with Crippen LogP contribution in [-0.2, 0) is 13.1 Å². The third-order valence-corrected chi connectivity index (χ3v) is 4.26. The van der Waals surface area contributed by atoms with E-state index in [4.69, 9.17) is 0 Å². The van der Waals surface area contributed by atoms with Crippen molar-refractivity contribution in [3.63, 3.8) is 0 Å². The molecule has 0 atom stereocenters. The molecule has 3 nitrogen and oxygen atoms in total. The molecule has 6 heteroatoms. The van der Waals surface area contributed by atoms with Gasteiger partial charge in [-0.3, -0.25) is 0 Å². The zero-order chi connectivity index (χ0) is 15.2. The summed E-state index contributed by atoms with van der Waals surface area (Å²) in [6.07, 6.45) is 1.84. The van der Waals surface area contributed by atoms with Crippen LogP contribution in [0.3, 0.4) is 0 Å². The van der Waals surface area contributed by atoms with Gasteiger partial charge in [0.2, 0.25) is 0 Å². The first-order valence-corrected chi connectivity index (χ1v) is 7.80. The molecule has 0 spiro atoms. The van der Waals surface area contributed by atoms with Gasteiger partial charge in [-0.05, 0) is 19.9 Å². The van der Waals surface area contributed by atoms with Crippen molar-refractivity contribution in [3.8, 4) is 0 Å². The third kappa shape index (κ3) is 4.22. The Morgan fingerprint density at radius 3 is 2.62 bits per heavy atom. The number of rotatable bonds is 7. The van der Waals surface area contributed by atoms with Gasteiger partial charge in [-0.15, -0.1) is 11.3 Å². The second kappa shape index (κ2) is 7.47. The Kier molecular flexibility index (Phi) is 5.64. The van der Waals surface area contributed by atoms with Gasteiger partial charge in [0, 0.05) is 48.9 Å². The lowest BCUT2D eigenvalue weighted by atomic mass is 10.2. The Balaban J connectivity index is 1.89. The van der Waals surface area contributed by atoms with Crippen LogP contribution in [-0.4, -0.2) is 18.1 Å². The van der Waals surface area contributed by atoms with E-state index in [1.807, 2.05) is 6.20 Å². The van der Waals surface area contributed by atoms with Crippen LogP contribution in [0.5, 0.6) is 0 Å². The average Bonchev–Trinajstić information content (AvgIpc) is 2.91. The van der Waals surface area contributed by atoms with E-state index in [0.29, 0.717) is 18.7 Å². The van der Waals surface area contributed by atoms with Gasteiger partial charge in [-0.25, -0.2) is 13.8 Å². The smallest absolute Gasteiger partial charge is 0.185 e. The lowest BCUT2D eigenvalue weighted by molar-refractivity contribution is 0.560. The molecule has 1 aromatic carbocycles. The summed E-state index contributed by atoms with van der Waals surface area (Å²) >= 11 is 1.63. The fourth-order valence-corrected chi connectivity index (χ4v) is 3.01. The van der Waals surface area contributed by atoms with Gasteiger partial charge < -0.3 is 10.2 Å². The Morgan fingerprint density at radius 1 is 1.19 bits per heavy atom. The second-order valence-electron chi connectivity index (χ2n) is 4.62. The number of halogens is 2. The summed E-state index contributed by atoms with van der Waals surface area (Å²) in [7, 11) is 0. The molecule has 0 amide bonds. The number of thiazole rings is 1. The van der Waals surface area contributed by atoms with Gasteiger partial charge in [0.1, 0.15) is 11.6 Å². The van der Waals surface area contributed by atoms with Gasteiger partial charge in [-0.2, -0.15) is 0 Å². The van der Waals surface area contributed by atoms with Crippen molar-refractivity contribution in [2.75, 3.05) is 18.0 Å². The molecule has 1 N–H and O–H groups in total. The molecule has 0 unspecified atom stereocenters. The summed E-state index contributed by atoms with van der Waals surface area (Å²) < 4.78 is 26.3. The summed E-state index contributed by atoms with van der Waals surface area (Å²) in [5.74, 6) is -1.07. The zero-order valence-corrected chi connectivity index (χ0v) is 13.0. The fraction of sp³-hybridized carbons (Fsp3) is 0.400. The predicted octanol–water partition coefficient (Wildman–Crippen LogP) is 3.56. The van der Waals surface area contributed by atoms with E-state index in [0.717, 1.165) is 29.2 Å². The molecule has 2 aromatic rings. The van der Waals surface area contributed by atoms with Crippen LogP contribution < -0.4 is 10.2 Å². The average molecular weight is 311 g/mol. The molecule has 0 radical (unpaired) electrons. The van der Waals surface area contributed by atoms with Crippen LogP contribution in [0.25, 0.3) is 0 Å². The number of aromatic nitrogens is 1. The first kappa shape index (κ1) is 15.9. The third-order valence-electron chi connectivity index (χ3n) is 3.21. The minimum atomic E-state index is -0.553. The molecule has 0 aliphatic rings. The molecule has 0 aliphatic heterocycles. The van der Waals surface area contributed by atoms with Gasteiger partial charge >= 0.3 is 0 Å². The zero-order valence-electron chi connectivity index (χ0n) is 12.2. The van der Waals surface area contributed by atoms with E-state index in [-0.39, 0.29) is 0 Å². The summed E-state index contributed by atoms with van der Waals surface area (Å²) in [4.78, 5) is 7.68. The second-order valence-corrected chi connectivity index (χ2v) is 5.71. The summed E-state index contributed by atoms with van der Waals surface area (Å²) in [6, 6.07) is 3.64. The normalized spacial score (nSPS) is 10.9. The maximum atomic E-state index is 13.5. The van der Waals surface area contributed by atoms with Crippen LogP contribution in [0.15, 0.2) is 24.4 Å². The van der Waals surface area contributed by atoms with E-state index in [2.05, 4.69) is 29.0 Å². The molecule has 1 heterocycles. The standard InChI is InChI=1S/C15H19F2N3S/c1-3-20(4-2)15-19-10-13(21-15)9-18-8-11-5-6-12(16)7-14(11)17/h5-7,10,18H,3-4,8-9H2,1-2H3. The van der Waals surface area contributed by atoms with E-state index in [1.54, 1.807) is 11.3 Å². The van der Waals surface area contributed by atoms with E-state index in [1.165, 1.54) is 12.1 Å². The molecule has 21 heavy (non-hydrogen) atoms. The molecule has 1 aromatic heterocycles. The van der Waals surface area contributed by atoms with E-state index in [9.17, 15) is 8.78 Å². The minimum Gasteiger partial charge on any atom is -0.349 e. The van der Waals surface area contributed by atoms with Gasteiger partial charge in [-0.1, -0.05) is 6.07 Å². The van der Waals surface area contributed by atoms with Crippen LogP contribution in [0, 0.1) is 11.6 Å². The van der Waals surface area contributed by atoms with Crippen LogP contribution in [0.1, 0.15) is 24.3 Å². The van der Waals surface area contributed by atoms with Gasteiger partial charge in [0.15, 0.2) is 5.13 Å². The number of anilines is 1. The first-order chi connectivity index (χ1) is 10.1. The number of benzene rings is 1. The molecule has 0 aliphatic carbocycles. The molecular weight excluding hydrogens is 292 g/mol. The Bertz CT molecular complexity index is 582. The van der Waals surface area contributed by atoms with Crippen molar-refractivity contribution in [2.45, 2.75) is 26.9 Å². The molecule has 0 bridgehead atoms. The minimum absolute atomic E-state index is 0.366. The molecule has 0 saturated heterocycles. The van der Waals surface area contributed by atoms with E-state index < -0.39 is 11.6 Å². The highest BCUT2D eigenvalue weighted by Gasteiger charge is 2.08. The quantitative estimate of drug-likeness (QED) is 0.847. The molecule has 2 rings (SSSR count). The highest BCUT2D eigenvalue weighted by molar-refractivity contribution is 7.15. The van der Waals surface area contributed by atoms with Crippen LogP contribution in [0.4, 0.5) is 13.9 Å². The summed E-state index contributed by atoms with van der Waals surface area (Å²) in [6.45, 7) is 7.04. The number of nitrogens with zero attached hydrogens (tertiary/aromatic N) is 2. The van der Waals surface area contributed by atoms with Crippen molar-refractivity contribution in [1.82, 2.24) is 10.3 Å². The van der Waals surface area contributed by atoms with Crippen LogP contribution in [0.2, 0.25) is 0 Å². The van der Waals surface area contributed by atoms with Crippen molar-refractivity contribution < 1.29 is 8.78 Å². The van der Waals surface area contributed by atoms with Gasteiger partial charge in [0.25, 0.3) is 0 Å². The SMILES string of the molecule is CCN(CC)c1ncc(CNCc2ccc(F)cc2F)s1. The van der Waals surface area contributed by atoms with Crippen molar-refractivity contribution in [2.24, 2.45) is 0 Å². The lowest BCUT2D eigenvalue weighted by Crippen LogP contribution is -2.21. The summed E-state index contributed by atoms with van der Waals surface area (Å²) in [5.41, 5.74) is 0.463.